The first-order valence-corrected chi connectivity index (χ1v) is 5.59. The molecule has 0 aromatic heterocycles. The highest BCUT2D eigenvalue weighted by atomic mass is 35.5. The number of ketones is 1. The summed E-state index contributed by atoms with van der Waals surface area (Å²) in [7, 11) is 0. The van der Waals surface area contributed by atoms with E-state index >= 15 is 0 Å². The third kappa shape index (κ3) is 2.39. The van der Waals surface area contributed by atoms with Gasteiger partial charge in [0, 0.05) is 16.3 Å². The second-order valence-corrected chi connectivity index (χ2v) is 4.30. The Bertz CT molecular complexity index is 522. The van der Waals surface area contributed by atoms with Crippen LogP contribution in [0.15, 0.2) is 42.3 Å². The lowest BCUT2D eigenvalue weighted by Gasteiger charge is -2.15. The van der Waals surface area contributed by atoms with Gasteiger partial charge in [-0.2, -0.15) is 0 Å². The maximum Gasteiger partial charge on any atom is 0.175 e. The number of rotatable bonds is 2. The Morgan fingerprint density at radius 3 is 2.94 bits per heavy atom. The van der Waals surface area contributed by atoms with Crippen LogP contribution >= 0.6 is 11.6 Å². The maximum atomic E-state index is 13.5. The highest BCUT2D eigenvalue weighted by Gasteiger charge is 2.26. The molecule has 1 unspecified atom stereocenters. The molecular weight excluding hydrogens is 241 g/mol. The predicted molar refractivity (Wildman–Crippen MR) is 66.6 cm³/mol. The molecule has 0 saturated heterocycles. The van der Waals surface area contributed by atoms with Crippen LogP contribution in [0.3, 0.4) is 0 Å². The molecule has 2 rings (SSSR count). The average Bonchev–Trinajstić information content (AvgIpc) is 2.32. The van der Waals surface area contributed by atoms with Crippen molar-refractivity contribution in [1.29, 1.82) is 0 Å². The first-order chi connectivity index (χ1) is 8.09. The lowest BCUT2D eigenvalue weighted by atomic mass is 9.90. The van der Waals surface area contributed by atoms with Gasteiger partial charge < -0.3 is 5.73 Å². The molecule has 0 heterocycles. The van der Waals surface area contributed by atoms with Gasteiger partial charge in [0.2, 0.25) is 0 Å². The lowest BCUT2D eigenvalue weighted by molar-refractivity contribution is 0.0928. The van der Waals surface area contributed by atoms with Gasteiger partial charge in [-0.05, 0) is 30.7 Å². The molecule has 2 nitrogen and oxygen atoms in total. The average molecular weight is 252 g/mol. The number of carbonyl (C=O) groups is 1. The molecule has 2 N–H and O–H groups in total. The van der Waals surface area contributed by atoms with Crippen molar-refractivity contribution < 1.29 is 9.18 Å². The fraction of sp³-hybridized carbons (Fsp3) is 0.154. The Balaban J connectivity index is 2.34. The maximum absolute atomic E-state index is 13.5. The smallest absolute Gasteiger partial charge is 0.175 e. The summed E-state index contributed by atoms with van der Waals surface area (Å²) in [5, 5.41) is 0.415. The second-order valence-electron chi connectivity index (χ2n) is 3.86. The van der Waals surface area contributed by atoms with E-state index in [1.54, 1.807) is 24.3 Å². The fourth-order valence-electron chi connectivity index (χ4n) is 1.77. The summed E-state index contributed by atoms with van der Waals surface area (Å²) in [4.78, 5) is 12.1. The lowest BCUT2D eigenvalue weighted by Crippen LogP contribution is -2.17. The van der Waals surface area contributed by atoms with E-state index in [0.717, 1.165) is 0 Å². The summed E-state index contributed by atoms with van der Waals surface area (Å²) in [6.07, 6.45) is 5.01. The van der Waals surface area contributed by atoms with Crippen LogP contribution in [0.5, 0.6) is 0 Å². The van der Waals surface area contributed by atoms with Crippen molar-refractivity contribution in [1.82, 2.24) is 0 Å². The van der Waals surface area contributed by atoms with Crippen molar-refractivity contribution in [3.8, 4) is 0 Å². The summed E-state index contributed by atoms with van der Waals surface area (Å²) >= 11 is 5.81. The van der Waals surface area contributed by atoms with Crippen molar-refractivity contribution >= 4 is 23.1 Å². The molecule has 0 aliphatic heterocycles. The number of anilines is 1. The van der Waals surface area contributed by atoms with Crippen LogP contribution < -0.4 is 5.73 Å². The van der Waals surface area contributed by atoms with Crippen LogP contribution in [0, 0.1) is 5.92 Å². The van der Waals surface area contributed by atoms with E-state index in [4.69, 9.17) is 17.3 Å². The summed E-state index contributed by atoms with van der Waals surface area (Å²) < 4.78 is 13.5. The van der Waals surface area contributed by atoms with Crippen molar-refractivity contribution in [3.05, 3.63) is 52.8 Å². The van der Waals surface area contributed by atoms with Crippen LogP contribution in [0.4, 0.5) is 10.1 Å². The summed E-state index contributed by atoms with van der Waals surface area (Å²) in [5.74, 6) is -1.54. The second kappa shape index (κ2) is 4.72. The number of Topliss-reactive ketones (excluding diaryl/α,β-unsaturated/α-hetero) is 1. The minimum atomic E-state index is -0.777. The monoisotopic (exact) mass is 251 g/mol. The summed E-state index contributed by atoms with van der Waals surface area (Å²) in [6.45, 7) is 0. The molecule has 1 aromatic carbocycles. The third-order valence-electron chi connectivity index (χ3n) is 2.69. The normalized spacial score (nSPS) is 18.9. The standard InChI is InChI=1S/C13H11ClFNO/c14-8-5-6-12(16)10(7-8)13(17)9-3-1-2-4-11(9)15/h1-2,4-7,9H,3,16H2. The number of benzene rings is 1. The van der Waals surface area contributed by atoms with E-state index in [0.29, 0.717) is 17.1 Å². The molecule has 0 saturated carbocycles. The van der Waals surface area contributed by atoms with Gasteiger partial charge in [-0.3, -0.25) is 4.79 Å². The van der Waals surface area contributed by atoms with E-state index < -0.39 is 11.7 Å². The Hall–Kier alpha value is -1.61. The number of hydrogen-bond acceptors (Lipinski definition) is 2. The molecule has 1 aliphatic carbocycles. The molecule has 0 fully saturated rings. The number of nitrogens with two attached hydrogens (primary N) is 1. The van der Waals surface area contributed by atoms with E-state index in [1.165, 1.54) is 12.1 Å². The Morgan fingerprint density at radius 1 is 1.47 bits per heavy atom. The highest BCUT2D eigenvalue weighted by molar-refractivity contribution is 6.31. The molecular formula is C13H11ClFNO. The van der Waals surface area contributed by atoms with Crippen LogP contribution in [-0.2, 0) is 0 Å². The van der Waals surface area contributed by atoms with Crippen LogP contribution in [-0.4, -0.2) is 5.78 Å². The van der Waals surface area contributed by atoms with Gasteiger partial charge in [0.05, 0.1) is 5.92 Å². The molecule has 0 spiro atoms. The van der Waals surface area contributed by atoms with Gasteiger partial charge in [-0.1, -0.05) is 23.8 Å². The zero-order valence-corrected chi connectivity index (χ0v) is 9.75. The van der Waals surface area contributed by atoms with Crippen molar-refractivity contribution in [2.75, 3.05) is 5.73 Å². The van der Waals surface area contributed by atoms with Gasteiger partial charge in [-0.25, -0.2) is 4.39 Å². The Morgan fingerprint density at radius 2 is 2.24 bits per heavy atom. The highest BCUT2D eigenvalue weighted by Crippen LogP contribution is 2.28. The molecule has 1 aliphatic rings. The van der Waals surface area contributed by atoms with Crippen molar-refractivity contribution in [2.45, 2.75) is 6.42 Å². The largest absolute Gasteiger partial charge is 0.398 e. The number of allylic oxidation sites excluding steroid dienone is 4. The number of halogens is 2. The van der Waals surface area contributed by atoms with Crippen LogP contribution in [0.25, 0.3) is 0 Å². The molecule has 0 bridgehead atoms. The Labute approximate surface area is 104 Å². The van der Waals surface area contributed by atoms with E-state index in [1.807, 2.05) is 0 Å². The van der Waals surface area contributed by atoms with Crippen molar-refractivity contribution in [2.24, 2.45) is 5.92 Å². The van der Waals surface area contributed by atoms with E-state index in [9.17, 15) is 9.18 Å². The van der Waals surface area contributed by atoms with Gasteiger partial charge in [0.25, 0.3) is 0 Å². The molecule has 88 valence electrons. The van der Waals surface area contributed by atoms with Crippen molar-refractivity contribution in [3.63, 3.8) is 0 Å². The van der Waals surface area contributed by atoms with Gasteiger partial charge in [-0.15, -0.1) is 0 Å². The molecule has 0 radical (unpaired) electrons. The number of hydrogen-bond donors (Lipinski definition) is 1. The summed E-state index contributed by atoms with van der Waals surface area (Å²) in [5.41, 5.74) is 6.30. The predicted octanol–water partition coefficient (Wildman–Crippen LogP) is 3.53. The zero-order chi connectivity index (χ0) is 12.4. The van der Waals surface area contributed by atoms with Gasteiger partial charge in [0.1, 0.15) is 5.83 Å². The zero-order valence-electron chi connectivity index (χ0n) is 8.99. The molecule has 4 heteroatoms. The third-order valence-corrected chi connectivity index (χ3v) is 2.93. The minimum absolute atomic E-state index is 0.279. The SMILES string of the molecule is Nc1ccc(Cl)cc1C(=O)C1CC=CC=C1F. The summed E-state index contributed by atoms with van der Waals surface area (Å²) in [6, 6.07) is 4.63. The first-order valence-electron chi connectivity index (χ1n) is 5.21. The van der Waals surface area contributed by atoms with Crippen LogP contribution in [0.1, 0.15) is 16.8 Å². The molecule has 1 atom stereocenters. The van der Waals surface area contributed by atoms with E-state index in [2.05, 4.69) is 0 Å². The number of nitrogen functional groups attached to an aromatic ring is 1. The minimum Gasteiger partial charge on any atom is -0.398 e. The molecule has 17 heavy (non-hydrogen) atoms. The fourth-order valence-corrected chi connectivity index (χ4v) is 1.94. The van der Waals surface area contributed by atoms with Gasteiger partial charge in [0.15, 0.2) is 5.78 Å². The molecule has 1 aromatic rings. The molecule has 0 amide bonds. The number of carbonyl (C=O) groups excluding carboxylic acids is 1. The first kappa shape index (κ1) is 11.9. The Kier molecular flexibility index (Phi) is 3.29. The van der Waals surface area contributed by atoms with Gasteiger partial charge >= 0.3 is 0 Å². The van der Waals surface area contributed by atoms with E-state index in [-0.39, 0.29) is 11.3 Å². The van der Waals surface area contributed by atoms with Crippen LogP contribution in [0.2, 0.25) is 5.02 Å². The quantitative estimate of drug-likeness (QED) is 0.645. The topological polar surface area (TPSA) is 43.1 Å².